The summed E-state index contributed by atoms with van der Waals surface area (Å²) in [6, 6.07) is 19.6. The van der Waals surface area contributed by atoms with Crippen LogP contribution in [0, 0.1) is 12.7 Å². The Hall–Kier alpha value is -3.72. The summed E-state index contributed by atoms with van der Waals surface area (Å²) in [5.41, 5.74) is 1.51. The lowest BCUT2D eigenvalue weighted by Gasteiger charge is -2.33. The first-order valence-corrected chi connectivity index (χ1v) is 13.0. The molecule has 0 saturated heterocycles. The predicted molar refractivity (Wildman–Crippen MR) is 137 cm³/mol. The van der Waals surface area contributed by atoms with Gasteiger partial charge in [0.1, 0.15) is 18.4 Å². The van der Waals surface area contributed by atoms with E-state index in [2.05, 4.69) is 5.32 Å². The number of carbonyl (C=O) groups excluding carboxylic acids is 2. The second-order valence-corrected chi connectivity index (χ2v) is 10.2. The predicted octanol–water partition coefficient (Wildman–Crippen LogP) is 3.88. The normalized spacial score (nSPS) is 12.0. The van der Waals surface area contributed by atoms with Gasteiger partial charge in [0.15, 0.2) is 0 Å². The van der Waals surface area contributed by atoms with Gasteiger partial charge in [-0.3, -0.25) is 13.9 Å². The third-order valence-corrected chi connectivity index (χ3v) is 7.57. The number of halogens is 1. The van der Waals surface area contributed by atoms with Crippen LogP contribution in [0.4, 0.5) is 10.1 Å². The summed E-state index contributed by atoms with van der Waals surface area (Å²) >= 11 is 0. The first kappa shape index (κ1) is 26.9. The van der Waals surface area contributed by atoms with Crippen molar-refractivity contribution in [2.45, 2.75) is 37.8 Å². The zero-order valence-electron chi connectivity index (χ0n) is 20.5. The molecule has 0 spiro atoms. The quantitative estimate of drug-likeness (QED) is 0.448. The summed E-state index contributed by atoms with van der Waals surface area (Å²) in [5.74, 6) is -1.79. The zero-order chi connectivity index (χ0) is 26.3. The van der Waals surface area contributed by atoms with E-state index in [9.17, 15) is 22.4 Å². The third kappa shape index (κ3) is 6.09. The van der Waals surface area contributed by atoms with Crippen LogP contribution in [-0.4, -0.2) is 44.8 Å². The van der Waals surface area contributed by atoms with Crippen LogP contribution < -0.4 is 9.62 Å². The van der Waals surface area contributed by atoms with E-state index in [-0.39, 0.29) is 23.0 Å². The molecule has 0 radical (unpaired) electrons. The van der Waals surface area contributed by atoms with Gasteiger partial charge in [0, 0.05) is 13.6 Å². The largest absolute Gasteiger partial charge is 0.357 e. The van der Waals surface area contributed by atoms with Gasteiger partial charge in [0.05, 0.1) is 10.6 Å². The van der Waals surface area contributed by atoms with Crippen molar-refractivity contribution in [1.29, 1.82) is 0 Å². The average molecular weight is 512 g/mol. The number of para-hydroxylation sites is 1. The highest BCUT2D eigenvalue weighted by Gasteiger charge is 2.34. The fourth-order valence-corrected chi connectivity index (χ4v) is 5.42. The standard InChI is InChI=1S/C27H30FN3O4S/c1-4-24(27(33)29-3)30(18-21-12-10-11-20(2)17-21)26(32)19-31(25-16-9-8-15-23(25)28)36(34,35)22-13-6-5-7-14-22/h5-17,24H,4,18-19H2,1-3H3,(H,29,33)/t24-/m0/s1. The van der Waals surface area contributed by atoms with E-state index < -0.39 is 34.3 Å². The summed E-state index contributed by atoms with van der Waals surface area (Å²) in [5, 5.41) is 2.57. The van der Waals surface area contributed by atoms with Gasteiger partial charge in [0.25, 0.3) is 10.0 Å². The molecule has 36 heavy (non-hydrogen) atoms. The van der Waals surface area contributed by atoms with Gasteiger partial charge in [-0.25, -0.2) is 12.8 Å². The highest BCUT2D eigenvalue weighted by atomic mass is 32.2. The summed E-state index contributed by atoms with van der Waals surface area (Å²) < 4.78 is 42.8. The molecule has 3 aromatic carbocycles. The van der Waals surface area contributed by atoms with Crippen molar-refractivity contribution in [3.05, 3.63) is 95.8 Å². The number of amides is 2. The molecule has 2 amide bonds. The Morgan fingerprint density at radius 1 is 0.972 bits per heavy atom. The minimum atomic E-state index is -4.30. The molecule has 3 aromatic rings. The van der Waals surface area contributed by atoms with Crippen LogP contribution in [0.5, 0.6) is 0 Å². The smallest absolute Gasteiger partial charge is 0.264 e. The molecule has 7 nitrogen and oxygen atoms in total. The van der Waals surface area contributed by atoms with E-state index in [1.165, 1.54) is 42.3 Å². The fraction of sp³-hybridized carbons (Fsp3) is 0.259. The number of anilines is 1. The Balaban J connectivity index is 2.06. The van der Waals surface area contributed by atoms with Gasteiger partial charge in [-0.1, -0.05) is 67.1 Å². The van der Waals surface area contributed by atoms with Gasteiger partial charge in [0.2, 0.25) is 11.8 Å². The first-order chi connectivity index (χ1) is 17.2. The van der Waals surface area contributed by atoms with Crippen LogP contribution in [0.15, 0.2) is 83.8 Å². The molecular weight excluding hydrogens is 481 g/mol. The molecule has 0 bridgehead atoms. The number of benzene rings is 3. The number of likely N-dealkylation sites (N-methyl/N-ethyl adjacent to an activating group) is 1. The first-order valence-electron chi connectivity index (χ1n) is 11.6. The zero-order valence-corrected chi connectivity index (χ0v) is 21.3. The van der Waals surface area contributed by atoms with Gasteiger partial charge >= 0.3 is 0 Å². The van der Waals surface area contributed by atoms with E-state index in [1.807, 2.05) is 31.2 Å². The van der Waals surface area contributed by atoms with Crippen LogP contribution in [-0.2, 0) is 26.2 Å². The molecule has 0 aromatic heterocycles. The summed E-state index contributed by atoms with van der Waals surface area (Å²) in [4.78, 5) is 27.7. The number of nitrogens with one attached hydrogen (secondary N) is 1. The van der Waals surface area contributed by atoms with Gasteiger partial charge < -0.3 is 10.2 Å². The lowest BCUT2D eigenvalue weighted by Crippen LogP contribution is -2.51. The van der Waals surface area contributed by atoms with Crippen molar-refractivity contribution in [3.8, 4) is 0 Å². The number of rotatable bonds is 10. The highest BCUT2D eigenvalue weighted by molar-refractivity contribution is 7.92. The topological polar surface area (TPSA) is 86.8 Å². The molecule has 3 rings (SSSR count). The molecule has 0 aliphatic rings. The monoisotopic (exact) mass is 511 g/mol. The van der Waals surface area contributed by atoms with Crippen LogP contribution in [0.25, 0.3) is 0 Å². The molecule has 1 atom stereocenters. The van der Waals surface area contributed by atoms with Crippen LogP contribution in [0.2, 0.25) is 0 Å². The van der Waals surface area contributed by atoms with Crippen molar-refractivity contribution in [1.82, 2.24) is 10.2 Å². The van der Waals surface area contributed by atoms with E-state index in [0.717, 1.165) is 21.5 Å². The van der Waals surface area contributed by atoms with Crippen molar-refractivity contribution < 1.29 is 22.4 Å². The average Bonchev–Trinajstić information content (AvgIpc) is 2.87. The lowest BCUT2D eigenvalue weighted by atomic mass is 10.1. The second kappa shape index (κ2) is 11.8. The maximum atomic E-state index is 14.8. The summed E-state index contributed by atoms with van der Waals surface area (Å²) in [7, 11) is -2.82. The van der Waals surface area contributed by atoms with E-state index in [1.54, 1.807) is 25.1 Å². The SMILES string of the molecule is CC[C@@H](C(=O)NC)N(Cc1cccc(C)c1)C(=O)CN(c1ccccc1F)S(=O)(=O)c1ccccc1. The van der Waals surface area contributed by atoms with Gasteiger partial charge in [-0.05, 0) is 43.2 Å². The van der Waals surface area contributed by atoms with E-state index in [0.29, 0.717) is 6.42 Å². The van der Waals surface area contributed by atoms with Crippen LogP contribution >= 0.6 is 0 Å². The summed E-state index contributed by atoms with van der Waals surface area (Å²) in [6.07, 6.45) is 0.308. The van der Waals surface area contributed by atoms with E-state index in [4.69, 9.17) is 0 Å². The molecule has 0 unspecified atom stereocenters. The molecule has 0 saturated carbocycles. The molecule has 0 aliphatic carbocycles. The number of aryl methyl sites for hydroxylation is 1. The number of nitrogens with zero attached hydrogens (tertiary/aromatic N) is 2. The molecule has 0 aliphatic heterocycles. The fourth-order valence-electron chi connectivity index (χ4n) is 3.98. The Kier molecular flexibility index (Phi) is 8.82. The Morgan fingerprint density at radius 2 is 1.64 bits per heavy atom. The van der Waals surface area contributed by atoms with Crippen molar-refractivity contribution in [2.75, 3.05) is 17.9 Å². The van der Waals surface area contributed by atoms with Gasteiger partial charge in [-0.15, -0.1) is 0 Å². The Labute approximate surface area is 211 Å². The van der Waals surface area contributed by atoms with Crippen molar-refractivity contribution in [2.24, 2.45) is 0 Å². The molecular formula is C27H30FN3O4S. The lowest BCUT2D eigenvalue weighted by molar-refractivity contribution is -0.140. The minimum absolute atomic E-state index is 0.0790. The molecule has 190 valence electrons. The maximum Gasteiger partial charge on any atom is 0.264 e. The minimum Gasteiger partial charge on any atom is -0.357 e. The molecule has 9 heteroatoms. The van der Waals surface area contributed by atoms with Crippen LogP contribution in [0.1, 0.15) is 24.5 Å². The second-order valence-electron chi connectivity index (χ2n) is 8.33. The molecule has 0 heterocycles. The third-order valence-electron chi connectivity index (χ3n) is 5.80. The summed E-state index contributed by atoms with van der Waals surface area (Å²) in [6.45, 7) is 3.09. The highest BCUT2D eigenvalue weighted by Crippen LogP contribution is 2.27. The number of sulfonamides is 1. The van der Waals surface area contributed by atoms with E-state index >= 15 is 0 Å². The van der Waals surface area contributed by atoms with Gasteiger partial charge in [-0.2, -0.15) is 0 Å². The number of hydrogen-bond acceptors (Lipinski definition) is 4. The number of hydrogen-bond donors (Lipinski definition) is 1. The van der Waals surface area contributed by atoms with Crippen LogP contribution in [0.3, 0.4) is 0 Å². The number of carbonyl (C=O) groups is 2. The maximum absolute atomic E-state index is 14.8. The molecule has 1 N–H and O–H groups in total. The molecule has 0 fully saturated rings. The Bertz CT molecular complexity index is 1320. The van der Waals surface area contributed by atoms with Crippen molar-refractivity contribution in [3.63, 3.8) is 0 Å². The Morgan fingerprint density at radius 3 is 2.25 bits per heavy atom. The van der Waals surface area contributed by atoms with Crippen molar-refractivity contribution >= 4 is 27.5 Å².